The highest BCUT2D eigenvalue weighted by molar-refractivity contribution is 5.42. The number of aromatic nitrogens is 1. The predicted octanol–water partition coefficient (Wildman–Crippen LogP) is 2.93. The van der Waals surface area contributed by atoms with E-state index in [1.54, 1.807) is 6.07 Å². The van der Waals surface area contributed by atoms with Crippen LogP contribution < -0.4 is 16.0 Å². The average molecular weight is 277 g/mol. The number of pyridine rings is 1. The van der Waals surface area contributed by atoms with Crippen LogP contribution in [0.3, 0.4) is 0 Å². The van der Waals surface area contributed by atoms with Crippen LogP contribution in [-0.2, 0) is 12.8 Å². The average Bonchev–Trinajstić information content (AvgIpc) is 2.89. The molecule has 1 aromatic heterocycles. The van der Waals surface area contributed by atoms with Crippen molar-refractivity contribution in [2.24, 2.45) is 5.84 Å². The van der Waals surface area contributed by atoms with Gasteiger partial charge in [0.1, 0.15) is 5.75 Å². The van der Waals surface area contributed by atoms with Crippen LogP contribution in [0.2, 0.25) is 0 Å². The van der Waals surface area contributed by atoms with E-state index in [0.29, 0.717) is 11.8 Å². The van der Waals surface area contributed by atoms with Crippen LogP contribution in [0, 0.1) is 11.6 Å². The van der Waals surface area contributed by atoms with E-state index in [2.05, 4.69) is 10.4 Å². The Hall–Kier alpha value is -2.21. The number of nitrogen functional groups attached to an aromatic ring is 1. The molecule has 1 aliphatic rings. The van der Waals surface area contributed by atoms with E-state index in [1.165, 1.54) is 11.1 Å². The van der Waals surface area contributed by atoms with E-state index in [9.17, 15) is 8.78 Å². The smallest absolute Gasteiger partial charge is 0.258 e. The van der Waals surface area contributed by atoms with Gasteiger partial charge in [0.2, 0.25) is 0 Å². The fourth-order valence-electron chi connectivity index (χ4n) is 2.35. The Balaban J connectivity index is 1.91. The molecule has 104 valence electrons. The number of hydrazine groups is 1. The molecule has 4 nitrogen and oxygen atoms in total. The second kappa shape index (κ2) is 5.05. The summed E-state index contributed by atoms with van der Waals surface area (Å²) in [6.07, 6.45) is 3.16. The SMILES string of the molecule is NNc1nc(Oc2ccc3c(c2)CCC3)c(F)cc1F. The van der Waals surface area contributed by atoms with E-state index in [4.69, 9.17) is 10.6 Å². The number of benzene rings is 1. The van der Waals surface area contributed by atoms with Crippen molar-refractivity contribution >= 4 is 5.82 Å². The molecule has 0 amide bonds. The summed E-state index contributed by atoms with van der Waals surface area (Å²) in [5.74, 6) is 3.27. The Morgan fingerprint density at radius 3 is 2.70 bits per heavy atom. The van der Waals surface area contributed by atoms with Gasteiger partial charge in [-0.2, -0.15) is 4.98 Å². The molecule has 1 heterocycles. The first-order valence-electron chi connectivity index (χ1n) is 6.29. The van der Waals surface area contributed by atoms with Gasteiger partial charge in [-0.1, -0.05) is 6.07 Å². The minimum Gasteiger partial charge on any atom is -0.436 e. The molecule has 3 rings (SSSR count). The van der Waals surface area contributed by atoms with Crippen LogP contribution in [0.25, 0.3) is 0 Å². The number of nitrogens with zero attached hydrogens (tertiary/aromatic N) is 1. The fraction of sp³-hybridized carbons (Fsp3) is 0.214. The Labute approximate surface area is 114 Å². The maximum Gasteiger partial charge on any atom is 0.258 e. The van der Waals surface area contributed by atoms with Crippen molar-refractivity contribution < 1.29 is 13.5 Å². The largest absolute Gasteiger partial charge is 0.436 e. The van der Waals surface area contributed by atoms with E-state index in [-0.39, 0.29) is 11.7 Å². The molecule has 6 heteroatoms. The zero-order valence-electron chi connectivity index (χ0n) is 10.6. The van der Waals surface area contributed by atoms with Crippen molar-refractivity contribution in [3.63, 3.8) is 0 Å². The zero-order chi connectivity index (χ0) is 14.1. The van der Waals surface area contributed by atoms with Crippen LogP contribution in [0.15, 0.2) is 24.3 Å². The van der Waals surface area contributed by atoms with Crippen LogP contribution in [0.4, 0.5) is 14.6 Å². The van der Waals surface area contributed by atoms with Crippen molar-refractivity contribution in [2.75, 3.05) is 5.43 Å². The molecule has 20 heavy (non-hydrogen) atoms. The molecule has 1 aromatic carbocycles. The minimum atomic E-state index is -0.873. The van der Waals surface area contributed by atoms with Crippen molar-refractivity contribution in [1.29, 1.82) is 0 Å². The number of aryl methyl sites for hydroxylation is 2. The first-order valence-corrected chi connectivity index (χ1v) is 6.29. The second-order valence-electron chi connectivity index (χ2n) is 4.64. The minimum absolute atomic E-state index is 0.262. The van der Waals surface area contributed by atoms with Crippen molar-refractivity contribution in [1.82, 2.24) is 4.98 Å². The molecule has 0 radical (unpaired) electrons. The van der Waals surface area contributed by atoms with E-state index >= 15 is 0 Å². The molecule has 1 aliphatic carbocycles. The van der Waals surface area contributed by atoms with Gasteiger partial charge in [0.05, 0.1) is 0 Å². The summed E-state index contributed by atoms with van der Waals surface area (Å²) in [6.45, 7) is 0. The lowest BCUT2D eigenvalue weighted by atomic mass is 10.1. The molecular weight excluding hydrogens is 264 g/mol. The highest BCUT2D eigenvalue weighted by atomic mass is 19.1. The first kappa shape index (κ1) is 12.8. The molecule has 0 unspecified atom stereocenters. The van der Waals surface area contributed by atoms with Crippen LogP contribution >= 0.6 is 0 Å². The third-order valence-electron chi connectivity index (χ3n) is 3.32. The third kappa shape index (κ3) is 2.30. The van der Waals surface area contributed by atoms with Gasteiger partial charge in [-0.25, -0.2) is 14.6 Å². The summed E-state index contributed by atoms with van der Waals surface area (Å²) >= 11 is 0. The number of fused-ring (bicyclic) bond motifs is 1. The van der Waals surface area contributed by atoms with Gasteiger partial charge in [-0.15, -0.1) is 0 Å². The summed E-state index contributed by atoms with van der Waals surface area (Å²) in [6, 6.07) is 6.26. The number of nitrogens with two attached hydrogens (primary N) is 1. The molecule has 0 atom stereocenters. The van der Waals surface area contributed by atoms with Crippen molar-refractivity contribution in [3.8, 4) is 11.6 Å². The maximum absolute atomic E-state index is 13.6. The zero-order valence-corrected chi connectivity index (χ0v) is 10.6. The van der Waals surface area contributed by atoms with Crippen molar-refractivity contribution in [3.05, 3.63) is 47.0 Å². The normalized spacial score (nSPS) is 13.2. The summed E-state index contributed by atoms with van der Waals surface area (Å²) in [5.41, 5.74) is 4.54. The van der Waals surface area contributed by atoms with Gasteiger partial charge in [0.25, 0.3) is 5.88 Å². The summed E-state index contributed by atoms with van der Waals surface area (Å²) in [7, 11) is 0. The van der Waals surface area contributed by atoms with Crippen molar-refractivity contribution in [2.45, 2.75) is 19.3 Å². The predicted molar refractivity (Wildman–Crippen MR) is 70.5 cm³/mol. The number of hydrogen-bond donors (Lipinski definition) is 2. The Bertz CT molecular complexity index is 661. The standard InChI is InChI=1S/C14H13F2N3O/c15-11-7-12(16)14(18-13(11)19-17)20-10-5-4-8-2-1-3-9(8)6-10/h4-7H,1-3,17H2,(H,18,19). The van der Waals surface area contributed by atoms with E-state index in [1.807, 2.05) is 12.1 Å². The van der Waals surface area contributed by atoms with Crippen LogP contribution in [0.5, 0.6) is 11.6 Å². The fourth-order valence-corrected chi connectivity index (χ4v) is 2.35. The first-order chi connectivity index (χ1) is 9.67. The van der Waals surface area contributed by atoms with E-state index in [0.717, 1.165) is 19.3 Å². The molecule has 3 N–H and O–H groups in total. The number of nitrogens with one attached hydrogen (secondary N) is 1. The molecule has 0 saturated heterocycles. The second-order valence-corrected chi connectivity index (χ2v) is 4.64. The summed E-state index contributed by atoms with van der Waals surface area (Å²) in [4.78, 5) is 3.67. The van der Waals surface area contributed by atoms with Gasteiger partial charge in [0, 0.05) is 6.07 Å². The molecule has 0 fully saturated rings. The summed E-state index contributed by atoms with van der Waals surface area (Å²) in [5, 5.41) is 0. The topological polar surface area (TPSA) is 60.2 Å². The summed E-state index contributed by atoms with van der Waals surface area (Å²) < 4.78 is 32.3. The van der Waals surface area contributed by atoms with E-state index < -0.39 is 11.6 Å². The lowest BCUT2D eigenvalue weighted by molar-refractivity contribution is 0.417. The molecule has 0 spiro atoms. The molecule has 0 aliphatic heterocycles. The van der Waals surface area contributed by atoms with Gasteiger partial charge >= 0.3 is 0 Å². The highest BCUT2D eigenvalue weighted by Gasteiger charge is 2.15. The number of hydrogen-bond acceptors (Lipinski definition) is 4. The van der Waals surface area contributed by atoms with Gasteiger partial charge < -0.3 is 10.2 Å². The third-order valence-corrected chi connectivity index (χ3v) is 3.32. The number of halogens is 2. The van der Waals surface area contributed by atoms with Gasteiger partial charge in [0.15, 0.2) is 17.5 Å². The monoisotopic (exact) mass is 277 g/mol. The van der Waals surface area contributed by atoms with Gasteiger partial charge in [-0.05, 0) is 42.5 Å². The molecule has 2 aromatic rings. The Kier molecular flexibility index (Phi) is 3.23. The lowest BCUT2D eigenvalue weighted by Crippen LogP contribution is -2.11. The van der Waals surface area contributed by atoms with Crippen LogP contribution in [-0.4, -0.2) is 4.98 Å². The molecular formula is C14H13F2N3O. The highest BCUT2D eigenvalue weighted by Crippen LogP contribution is 2.30. The maximum atomic E-state index is 13.6. The number of rotatable bonds is 3. The Morgan fingerprint density at radius 1 is 1.10 bits per heavy atom. The van der Waals surface area contributed by atoms with Crippen LogP contribution in [0.1, 0.15) is 17.5 Å². The lowest BCUT2D eigenvalue weighted by Gasteiger charge is -2.09. The molecule has 0 bridgehead atoms. The molecule has 0 saturated carbocycles. The number of anilines is 1. The number of ether oxygens (including phenoxy) is 1. The van der Waals surface area contributed by atoms with Gasteiger partial charge in [-0.3, -0.25) is 0 Å². The Morgan fingerprint density at radius 2 is 1.90 bits per heavy atom. The quantitative estimate of drug-likeness (QED) is 0.669.